The topological polar surface area (TPSA) is 41.3 Å². The molecule has 1 fully saturated rings. The molecule has 1 saturated heterocycles. The average molecular weight is 573 g/mol. The molecule has 1 aliphatic heterocycles. The van der Waals surface area contributed by atoms with Crippen molar-refractivity contribution in [1.82, 2.24) is 10.3 Å². The van der Waals surface area contributed by atoms with Crippen molar-refractivity contribution >= 4 is 54.9 Å². The Bertz CT molecular complexity index is 1280. The van der Waals surface area contributed by atoms with Gasteiger partial charge in [-0.1, -0.05) is 22.0 Å². The Morgan fingerprint density at radius 2 is 1.81 bits per heavy atom. The molecule has 1 N–H and O–H groups in total. The lowest BCUT2D eigenvalue weighted by Gasteiger charge is -2.26. The Hall–Kier alpha value is -2.55. The van der Waals surface area contributed by atoms with Crippen LogP contribution in [0.15, 0.2) is 92.4 Å². The highest BCUT2D eigenvalue weighted by Crippen LogP contribution is 2.43. The Morgan fingerprint density at radius 3 is 2.53 bits per heavy atom. The molecule has 0 unspecified atom stereocenters. The van der Waals surface area contributed by atoms with E-state index in [0.717, 1.165) is 27.2 Å². The van der Waals surface area contributed by atoms with Gasteiger partial charge >= 0.3 is 0 Å². The monoisotopic (exact) mass is 571 g/mol. The minimum atomic E-state index is -0.311. The van der Waals surface area contributed by atoms with Crippen LogP contribution in [0.4, 0.5) is 10.1 Å². The van der Waals surface area contributed by atoms with E-state index < -0.39 is 0 Å². The molecule has 0 aliphatic carbocycles. The van der Waals surface area contributed by atoms with Crippen LogP contribution >= 0.6 is 44.1 Å². The molecule has 5 rings (SSSR count). The molecule has 0 spiro atoms. The number of nitrogens with zero attached hydrogens (tertiary/aromatic N) is 2. The van der Waals surface area contributed by atoms with E-state index in [2.05, 4.69) is 42.2 Å². The zero-order valence-corrected chi connectivity index (χ0v) is 20.5. The summed E-state index contributed by atoms with van der Waals surface area (Å²) in [4.78, 5) is 6.60. The van der Waals surface area contributed by atoms with Gasteiger partial charge in [0.15, 0.2) is 5.11 Å². The number of pyridine rings is 1. The number of anilines is 1. The SMILES string of the molecule is Fc1ccc(-c2ccc([C@H]3[C@@H](c4ccccn4)NC(=S)N3c3ccc(Br)cc3)o2)c(Br)c1. The number of halogens is 3. The molecular formula is C24H16Br2FN3OS. The van der Waals surface area contributed by atoms with Crippen molar-refractivity contribution in [2.45, 2.75) is 12.1 Å². The summed E-state index contributed by atoms with van der Waals surface area (Å²) in [6.07, 6.45) is 1.77. The van der Waals surface area contributed by atoms with Crippen LogP contribution in [0.5, 0.6) is 0 Å². The summed E-state index contributed by atoms with van der Waals surface area (Å²) in [7, 11) is 0. The van der Waals surface area contributed by atoms with Crippen LogP contribution < -0.4 is 10.2 Å². The lowest BCUT2D eigenvalue weighted by Crippen LogP contribution is -2.29. The predicted molar refractivity (Wildman–Crippen MR) is 134 cm³/mol. The summed E-state index contributed by atoms with van der Waals surface area (Å²) < 4.78 is 21.5. The van der Waals surface area contributed by atoms with Crippen molar-refractivity contribution in [1.29, 1.82) is 0 Å². The first-order valence-electron chi connectivity index (χ1n) is 9.82. The first kappa shape index (κ1) is 21.3. The Kier molecular flexibility index (Phi) is 5.84. The molecule has 0 bridgehead atoms. The molecular weight excluding hydrogens is 557 g/mol. The van der Waals surface area contributed by atoms with Crippen molar-refractivity contribution in [3.05, 3.63) is 105 Å². The molecule has 160 valence electrons. The van der Waals surface area contributed by atoms with Gasteiger partial charge in [-0.3, -0.25) is 4.98 Å². The highest BCUT2D eigenvalue weighted by Gasteiger charge is 2.42. The maximum absolute atomic E-state index is 13.6. The van der Waals surface area contributed by atoms with Crippen molar-refractivity contribution in [3.63, 3.8) is 0 Å². The maximum atomic E-state index is 13.6. The van der Waals surface area contributed by atoms with Gasteiger partial charge in [-0.2, -0.15) is 0 Å². The third kappa shape index (κ3) is 3.98. The van der Waals surface area contributed by atoms with Gasteiger partial charge < -0.3 is 14.6 Å². The maximum Gasteiger partial charge on any atom is 0.174 e. The summed E-state index contributed by atoms with van der Waals surface area (Å²) in [5.74, 6) is 1.05. The van der Waals surface area contributed by atoms with E-state index in [9.17, 15) is 4.39 Å². The first-order valence-corrected chi connectivity index (χ1v) is 11.8. The van der Waals surface area contributed by atoms with Gasteiger partial charge in [-0.15, -0.1) is 0 Å². The molecule has 4 nitrogen and oxygen atoms in total. The molecule has 2 aromatic carbocycles. The summed E-state index contributed by atoms with van der Waals surface area (Å²) in [6, 6.07) is 21.7. The largest absolute Gasteiger partial charge is 0.459 e. The lowest BCUT2D eigenvalue weighted by atomic mass is 10.0. The molecule has 0 amide bonds. The highest BCUT2D eigenvalue weighted by atomic mass is 79.9. The zero-order chi connectivity index (χ0) is 22.2. The second-order valence-electron chi connectivity index (χ2n) is 7.30. The normalized spacial score (nSPS) is 18.1. The van der Waals surface area contributed by atoms with E-state index in [4.69, 9.17) is 16.6 Å². The molecule has 4 aromatic rings. The van der Waals surface area contributed by atoms with Crippen molar-refractivity contribution < 1.29 is 8.81 Å². The minimum Gasteiger partial charge on any atom is -0.459 e. The Morgan fingerprint density at radius 1 is 1.00 bits per heavy atom. The van der Waals surface area contributed by atoms with Gasteiger partial charge in [0.1, 0.15) is 23.4 Å². The van der Waals surface area contributed by atoms with E-state index in [1.54, 1.807) is 12.3 Å². The van der Waals surface area contributed by atoms with Crippen LogP contribution in [0.25, 0.3) is 11.3 Å². The van der Waals surface area contributed by atoms with Crippen LogP contribution in [0, 0.1) is 5.82 Å². The quantitative estimate of drug-likeness (QED) is 0.262. The predicted octanol–water partition coefficient (Wildman–Crippen LogP) is 7.18. The molecule has 0 radical (unpaired) electrons. The van der Waals surface area contributed by atoms with E-state index in [1.807, 2.05) is 59.5 Å². The number of rotatable bonds is 4. The van der Waals surface area contributed by atoms with Gasteiger partial charge in [-0.05, 0) is 94.9 Å². The molecule has 2 aromatic heterocycles. The van der Waals surface area contributed by atoms with E-state index in [0.29, 0.717) is 15.3 Å². The average Bonchev–Trinajstić information content (AvgIpc) is 3.39. The minimum absolute atomic E-state index is 0.206. The fourth-order valence-electron chi connectivity index (χ4n) is 3.87. The summed E-state index contributed by atoms with van der Waals surface area (Å²) in [5.41, 5.74) is 2.58. The van der Waals surface area contributed by atoms with E-state index in [1.165, 1.54) is 12.1 Å². The van der Waals surface area contributed by atoms with Gasteiger partial charge in [0.05, 0.1) is 11.7 Å². The summed E-state index contributed by atoms with van der Waals surface area (Å²) in [6.45, 7) is 0. The van der Waals surface area contributed by atoms with Crippen LogP contribution in [0.1, 0.15) is 23.5 Å². The van der Waals surface area contributed by atoms with Crippen LogP contribution in [-0.2, 0) is 0 Å². The van der Waals surface area contributed by atoms with Crippen LogP contribution in [0.3, 0.4) is 0 Å². The second kappa shape index (κ2) is 8.77. The second-order valence-corrected chi connectivity index (χ2v) is 9.46. The van der Waals surface area contributed by atoms with Crippen LogP contribution in [0.2, 0.25) is 0 Å². The number of hydrogen-bond acceptors (Lipinski definition) is 3. The van der Waals surface area contributed by atoms with Crippen molar-refractivity contribution in [2.24, 2.45) is 0 Å². The Balaban J connectivity index is 1.60. The van der Waals surface area contributed by atoms with E-state index in [-0.39, 0.29) is 17.9 Å². The molecule has 2 atom stereocenters. The third-order valence-corrected chi connectivity index (χ3v) is 6.82. The van der Waals surface area contributed by atoms with Gasteiger partial charge in [0, 0.05) is 26.4 Å². The number of nitrogens with one attached hydrogen (secondary N) is 1. The third-order valence-electron chi connectivity index (χ3n) is 5.32. The lowest BCUT2D eigenvalue weighted by molar-refractivity contribution is 0.439. The fraction of sp³-hybridized carbons (Fsp3) is 0.0833. The standard InChI is InChI=1S/C24H16Br2FN3OS/c25-14-4-7-16(8-5-14)30-23(22(29-24(30)32)19-3-1-2-12-28-19)21-11-10-20(31-21)17-9-6-15(27)13-18(17)26/h1-13,22-23H,(H,29,32)/t22-,23+/m1/s1. The number of hydrogen-bond donors (Lipinski definition) is 1. The molecule has 32 heavy (non-hydrogen) atoms. The van der Waals surface area contributed by atoms with Gasteiger partial charge in [-0.25, -0.2) is 4.39 Å². The highest BCUT2D eigenvalue weighted by molar-refractivity contribution is 9.10. The van der Waals surface area contributed by atoms with Gasteiger partial charge in [0.2, 0.25) is 0 Å². The van der Waals surface area contributed by atoms with E-state index >= 15 is 0 Å². The molecule has 3 heterocycles. The smallest absolute Gasteiger partial charge is 0.174 e. The van der Waals surface area contributed by atoms with Gasteiger partial charge in [0.25, 0.3) is 0 Å². The number of benzene rings is 2. The number of thiocarbonyl (C=S) groups is 1. The van der Waals surface area contributed by atoms with Crippen molar-refractivity contribution in [3.8, 4) is 11.3 Å². The molecule has 8 heteroatoms. The summed E-state index contributed by atoms with van der Waals surface area (Å²) in [5, 5.41) is 4.01. The molecule has 1 aliphatic rings. The molecule has 0 saturated carbocycles. The van der Waals surface area contributed by atoms with Crippen LogP contribution in [-0.4, -0.2) is 10.1 Å². The number of aromatic nitrogens is 1. The zero-order valence-electron chi connectivity index (χ0n) is 16.5. The van der Waals surface area contributed by atoms with Crippen molar-refractivity contribution in [2.75, 3.05) is 4.90 Å². The first-order chi connectivity index (χ1) is 15.5. The number of furan rings is 1. The Labute approximate surface area is 206 Å². The fourth-order valence-corrected chi connectivity index (χ4v) is 5.03. The summed E-state index contributed by atoms with van der Waals surface area (Å²) >= 11 is 12.7.